The molecule has 0 unspecified atom stereocenters. The molecule has 0 saturated carbocycles. The van der Waals surface area contributed by atoms with Crippen molar-refractivity contribution in [2.45, 2.75) is 89.3 Å². The van der Waals surface area contributed by atoms with Crippen molar-refractivity contribution < 1.29 is 52.3 Å². The van der Waals surface area contributed by atoms with E-state index < -0.39 is 92.6 Å². The molecule has 49 heavy (non-hydrogen) atoms. The van der Waals surface area contributed by atoms with Crippen molar-refractivity contribution in [3.05, 3.63) is 46.3 Å². The van der Waals surface area contributed by atoms with Crippen molar-refractivity contribution in [3.8, 4) is 0 Å². The lowest BCUT2D eigenvalue weighted by Crippen LogP contribution is -2.70. The number of carbonyl (C=O) groups excluding carboxylic acids is 4. The largest absolute Gasteiger partial charge is 0.467 e. The van der Waals surface area contributed by atoms with Gasteiger partial charge in [-0.3, -0.25) is 14.4 Å². The Bertz CT molecular complexity index is 1380. The van der Waals surface area contributed by atoms with Gasteiger partial charge in [0.05, 0.1) is 19.8 Å². The molecule has 2 aliphatic rings. The zero-order valence-corrected chi connectivity index (χ0v) is 30.5. The van der Waals surface area contributed by atoms with Gasteiger partial charge in [0.1, 0.15) is 36.4 Å². The second-order valence-electron chi connectivity index (χ2n) is 10.5. The Kier molecular flexibility index (Phi) is 15.1. The Labute approximate surface area is 310 Å². The second kappa shape index (κ2) is 17.9. The third-order valence-corrected chi connectivity index (χ3v) is 8.23. The lowest BCUT2D eigenvalue weighted by atomic mass is 9.93. The van der Waals surface area contributed by atoms with E-state index in [2.05, 4.69) is 20.7 Å². The van der Waals surface area contributed by atoms with E-state index in [0.717, 1.165) is 14.0 Å². The van der Waals surface area contributed by atoms with E-state index in [9.17, 15) is 24.7 Å². The minimum atomic E-state index is -2.54. The van der Waals surface area contributed by atoms with Crippen molar-refractivity contribution in [3.63, 3.8) is 0 Å². The predicted molar refractivity (Wildman–Crippen MR) is 175 cm³/mol. The first-order valence-corrected chi connectivity index (χ1v) is 16.4. The Balaban J connectivity index is 2.18. The highest BCUT2D eigenvalue weighted by Gasteiger charge is 2.56. The highest BCUT2D eigenvalue weighted by atomic mass is 35.6. The number of nitrogens with one attached hydrogen (secondary N) is 2. The van der Waals surface area contributed by atoms with Crippen LogP contribution in [-0.4, -0.2) is 107 Å². The second-order valence-corrected chi connectivity index (χ2v) is 15.1. The first kappa shape index (κ1) is 41.4. The number of hydrogen-bond acceptors (Lipinski definition) is 12. The van der Waals surface area contributed by atoms with Crippen LogP contribution in [0.25, 0.3) is 10.4 Å². The normalized spacial score (nSPS) is 30.3. The summed E-state index contributed by atoms with van der Waals surface area (Å²) in [5.41, 5.74) is 9.91. The SMILES string of the molecule is COC(=O)[C@H]1O[C@H](OC)[C@@H](NC(=O)C(Cl)(Cl)Cl)[C@H](OCc2ccccc2)[C@@H]1O[C@@H]1O[C@H](C)[C@H](N=[N+]=[N-])[C@H](OC(C)=O)[C@H]1NC(=O)C(Cl)(Cl)Cl. The van der Waals surface area contributed by atoms with Crippen LogP contribution in [0.4, 0.5) is 0 Å². The van der Waals surface area contributed by atoms with E-state index >= 15 is 0 Å². The van der Waals surface area contributed by atoms with E-state index in [4.69, 9.17) is 103 Å². The fraction of sp³-hybridized carbons (Fsp3) is 0.630. The van der Waals surface area contributed by atoms with Crippen LogP contribution in [0, 0.1) is 0 Å². The maximum absolute atomic E-state index is 13.2. The summed E-state index contributed by atoms with van der Waals surface area (Å²) in [5, 5.41) is 8.55. The molecule has 272 valence electrons. The number of amides is 2. The third-order valence-electron chi connectivity index (χ3n) is 7.20. The van der Waals surface area contributed by atoms with Gasteiger partial charge in [-0.15, -0.1) is 0 Å². The van der Waals surface area contributed by atoms with Gasteiger partial charge in [-0.1, -0.05) is 105 Å². The number of azide groups is 1. The van der Waals surface area contributed by atoms with Gasteiger partial charge >= 0.3 is 11.9 Å². The lowest BCUT2D eigenvalue weighted by molar-refractivity contribution is -0.318. The van der Waals surface area contributed by atoms with Crippen LogP contribution < -0.4 is 10.6 Å². The molecular formula is C27H31Cl6N5O11. The molecule has 10 atom stereocenters. The lowest BCUT2D eigenvalue weighted by Gasteiger charge is -2.49. The van der Waals surface area contributed by atoms with Crippen LogP contribution >= 0.6 is 69.6 Å². The van der Waals surface area contributed by atoms with Crippen molar-refractivity contribution >= 4 is 93.4 Å². The molecule has 0 spiro atoms. The minimum Gasteiger partial charge on any atom is -0.467 e. The van der Waals surface area contributed by atoms with Gasteiger partial charge in [0, 0.05) is 18.9 Å². The predicted octanol–water partition coefficient (Wildman–Crippen LogP) is 3.57. The molecular weight excluding hydrogens is 783 g/mol. The molecule has 0 radical (unpaired) electrons. The van der Waals surface area contributed by atoms with E-state index in [1.165, 1.54) is 14.0 Å². The van der Waals surface area contributed by atoms with Gasteiger partial charge in [0.25, 0.3) is 19.4 Å². The van der Waals surface area contributed by atoms with E-state index in [1.54, 1.807) is 30.3 Å². The Morgan fingerprint density at radius 3 is 1.96 bits per heavy atom. The fourth-order valence-electron chi connectivity index (χ4n) is 5.06. The molecule has 0 aromatic heterocycles. The molecule has 2 fully saturated rings. The maximum atomic E-state index is 13.2. The van der Waals surface area contributed by atoms with Crippen LogP contribution in [0.1, 0.15) is 19.4 Å². The third kappa shape index (κ3) is 11.0. The average molecular weight is 814 g/mol. The molecule has 2 aliphatic heterocycles. The number of methoxy groups -OCH3 is 2. The van der Waals surface area contributed by atoms with Crippen molar-refractivity contribution in [2.24, 2.45) is 5.11 Å². The van der Waals surface area contributed by atoms with Gasteiger partial charge in [-0.25, -0.2) is 4.79 Å². The first-order valence-electron chi connectivity index (χ1n) is 14.1. The summed E-state index contributed by atoms with van der Waals surface area (Å²) in [4.78, 5) is 54.1. The van der Waals surface area contributed by atoms with Gasteiger partial charge < -0.3 is 43.8 Å². The van der Waals surface area contributed by atoms with E-state index in [0.29, 0.717) is 5.56 Å². The molecule has 1 aromatic rings. The molecule has 3 rings (SSSR count). The number of rotatable bonds is 11. The van der Waals surface area contributed by atoms with Crippen LogP contribution in [0.2, 0.25) is 0 Å². The molecule has 0 bridgehead atoms. The summed E-state index contributed by atoms with van der Waals surface area (Å²) in [7, 11) is 2.29. The average Bonchev–Trinajstić information content (AvgIpc) is 3.02. The smallest absolute Gasteiger partial charge is 0.337 e. The molecule has 2 heterocycles. The molecule has 2 amide bonds. The number of benzene rings is 1. The van der Waals surface area contributed by atoms with Gasteiger partial charge in [-0.05, 0) is 18.0 Å². The Morgan fingerprint density at radius 1 is 0.898 bits per heavy atom. The van der Waals surface area contributed by atoms with Crippen LogP contribution in [0.3, 0.4) is 0 Å². The summed E-state index contributed by atoms with van der Waals surface area (Å²) in [6.07, 6.45) is -10.3. The van der Waals surface area contributed by atoms with Crippen LogP contribution in [0.5, 0.6) is 0 Å². The molecule has 0 aliphatic carbocycles. The summed E-state index contributed by atoms with van der Waals surface area (Å²) in [5.74, 6) is -4.15. The highest BCUT2D eigenvalue weighted by molar-refractivity contribution is 6.76. The minimum absolute atomic E-state index is 0.125. The van der Waals surface area contributed by atoms with Crippen molar-refractivity contribution in [2.75, 3.05) is 14.2 Å². The number of alkyl halides is 6. The van der Waals surface area contributed by atoms with Crippen LogP contribution in [-0.2, 0) is 58.9 Å². The molecule has 2 saturated heterocycles. The van der Waals surface area contributed by atoms with Crippen LogP contribution in [0.15, 0.2) is 35.4 Å². The van der Waals surface area contributed by atoms with Gasteiger partial charge in [0.15, 0.2) is 18.7 Å². The Hall–Kier alpha value is -2.05. The standard InChI is InChI=1S/C27H31Cl6N5O11/c1-11-14(37-38-34)17(47-12(2)39)15(35-24(41)26(28,29)30)23(46-11)48-19-18(45-10-13-8-6-5-7-9-13)16(36-25(42)27(31,32)33)22(44-4)49-20(19)21(40)43-3/h5-9,11,14-20,22-23H,10H2,1-4H3,(H,35,41)(H,36,42)/t11-,14+,15-,16+,17+,18+,19+,20+,22+,23+/m1/s1. The number of esters is 2. The zero-order valence-electron chi connectivity index (χ0n) is 26.0. The summed E-state index contributed by atoms with van der Waals surface area (Å²) in [6, 6.07) is 4.59. The van der Waals surface area contributed by atoms with Gasteiger partial charge in [-0.2, -0.15) is 0 Å². The number of ether oxygens (including phenoxy) is 7. The molecule has 22 heteroatoms. The monoisotopic (exact) mass is 811 g/mol. The van der Waals surface area contributed by atoms with Gasteiger partial charge in [0.2, 0.25) is 0 Å². The van der Waals surface area contributed by atoms with Crippen molar-refractivity contribution in [1.82, 2.24) is 10.6 Å². The number of hydrogen-bond donors (Lipinski definition) is 2. The molecule has 2 N–H and O–H groups in total. The summed E-state index contributed by atoms with van der Waals surface area (Å²) < 4.78 is 35.4. The molecule has 1 aromatic carbocycles. The maximum Gasteiger partial charge on any atom is 0.337 e. The Morgan fingerprint density at radius 2 is 1.47 bits per heavy atom. The highest BCUT2D eigenvalue weighted by Crippen LogP contribution is 2.36. The number of nitrogens with zero attached hydrogens (tertiary/aromatic N) is 3. The van der Waals surface area contributed by atoms with E-state index in [-0.39, 0.29) is 6.61 Å². The van der Waals surface area contributed by atoms with Crippen molar-refractivity contribution in [1.29, 1.82) is 0 Å². The first-order chi connectivity index (χ1) is 22.9. The topological polar surface area (TPSA) is 206 Å². The number of carbonyl (C=O) groups is 4. The number of halogens is 6. The van der Waals surface area contributed by atoms with E-state index in [1.807, 2.05) is 0 Å². The summed E-state index contributed by atoms with van der Waals surface area (Å²) >= 11 is 35.0. The fourth-order valence-corrected chi connectivity index (χ4v) is 5.39. The summed E-state index contributed by atoms with van der Waals surface area (Å²) in [6.45, 7) is 2.40. The molecule has 16 nitrogen and oxygen atoms in total. The quantitative estimate of drug-likeness (QED) is 0.109. The zero-order chi connectivity index (χ0) is 36.7.